The maximum atomic E-state index is 14.9. The number of rotatable bonds is 12. The van der Waals surface area contributed by atoms with Crippen LogP contribution in [0, 0.1) is 24.6 Å². The molecule has 2 rings (SSSR count). The highest BCUT2D eigenvalue weighted by Gasteiger charge is 2.27. The minimum atomic E-state index is -0.705. The van der Waals surface area contributed by atoms with Crippen LogP contribution < -0.4 is 15.8 Å². The summed E-state index contributed by atoms with van der Waals surface area (Å²) in [4.78, 5) is 33.2. The monoisotopic (exact) mass is 426 g/mol. The molecule has 168 valence electrons. The first-order chi connectivity index (χ1) is 14.3. The molecule has 0 aromatic carbocycles. The van der Waals surface area contributed by atoms with Gasteiger partial charge in [-0.05, 0) is 19.3 Å². The number of aryl methyl sites for hydroxylation is 1. The Morgan fingerprint density at radius 1 is 1.40 bits per heavy atom. The van der Waals surface area contributed by atoms with Gasteiger partial charge >= 0.3 is 0 Å². The molecule has 1 aliphatic carbocycles. The summed E-state index contributed by atoms with van der Waals surface area (Å²) in [5, 5.41) is 10.0. The van der Waals surface area contributed by atoms with Crippen molar-refractivity contribution in [3.8, 4) is 0 Å². The number of hydrogen-bond acceptors (Lipinski definition) is 8. The second-order valence-electron chi connectivity index (χ2n) is 7.60. The Morgan fingerprint density at radius 2 is 2.10 bits per heavy atom. The molecule has 1 atom stereocenters. The quantitative estimate of drug-likeness (QED) is 0.261. The van der Waals surface area contributed by atoms with Gasteiger partial charge in [0.2, 0.25) is 18.1 Å². The molecule has 11 heteroatoms. The number of hydroxylamine groups is 2. The van der Waals surface area contributed by atoms with Gasteiger partial charge in [0.15, 0.2) is 11.6 Å². The third-order valence-corrected chi connectivity index (χ3v) is 5.23. The van der Waals surface area contributed by atoms with Crippen molar-refractivity contribution in [2.75, 3.05) is 44.2 Å². The SMILES string of the molecule is COCCN(C)c1nc(C)nc(NNC(=O)[C@@H](CC2CCCC2)CN(O)C=O)c1F. The van der Waals surface area contributed by atoms with E-state index in [1.807, 2.05) is 0 Å². The summed E-state index contributed by atoms with van der Waals surface area (Å²) >= 11 is 0. The fourth-order valence-electron chi connectivity index (χ4n) is 3.62. The summed E-state index contributed by atoms with van der Waals surface area (Å²) in [5.41, 5.74) is 4.99. The highest BCUT2D eigenvalue weighted by Crippen LogP contribution is 2.30. The highest BCUT2D eigenvalue weighted by molar-refractivity contribution is 5.80. The smallest absolute Gasteiger partial charge is 0.243 e. The molecule has 0 radical (unpaired) electrons. The molecule has 10 nitrogen and oxygen atoms in total. The number of hydrogen-bond donors (Lipinski definition) is 3. The van der Waals surface area contributed by atoms with Gasteiger partial charge in [-0.15, -0.1) is 0 Å². The van der Waals surface area contributed by atoms with E-state index in [4.69, 9.17) is 4.74 Å². The maximum Gasteiger partial charge on any atom is 0.243 e. The summed E-state index contributed by atoms with van der Waals surface area (Å²) in [6.45, 7) is 2.31. The van der Waals surface area contributed by atoms with Gasteiger partial charge in [0, 0.05) is 20.7 Å². The van der Waals surface area contributed by atoms with Crippen LogP contribution in [0.1, 0.15) is 37.9 Å². The summed E-state index contributed by atoms with van der Waals surface area (Å²) in [7, 11) is 3.23. The van der Waals surface area contributed by atoms with E-state index < -0.39 is 17.6 Å². The van der Waals surface area contributed by atoms with E-state index in [2.05, 4.69) is 20.8 Å². The molecule has 3 N–H and O–H groups in total. The summed E-state index contributed by atoms with van der Waals surface area (Å²) in [5.74, 6) is -1.17. The Balaban J connectivity index is 2.07. The van der Waals surface area contributed by atoms with Crippen LogP contribution in [-0.4, -0.2) is 66.4 Å². The van der Waals surface area contributed by atoms with Crippen LogP contribution in [0.5, 0.6) is 0 Å². The fourth-order valence-corrected chi connectivity index (χ4v) is 3.62. The number of carbonyl (C=O) groups excluding carboxylic acids is 2. The van der Waals surface area contributed by atoms with Crippen molar-refractivity contribution >= 4 is 24.0 Å². The van der Waals surface area contributed by atoms with Crippen molar-refractivity contribution in [3.05, 3.63) is 11.6 Å². The second-order valence-corrected chi connectivity index (χ2v) is 7.60. The highest BCUT2D eigenvalue weighted by atomic mass is 19.1. The van der Waals surface area contributed by atoms with Crippen LogP contribution in [-0.2, 0) is 14.3 Å². The van der Waals surface area contributed by atoms with Gasteiger partial charge in [0.1, 0.15) is 5.82 Å². The number of carbonyl (C=O) groups is 2. The summed E-state index contributed by atoms with van der Waals surface area (Å²) < 4.78 is 19.9. The van der Waals surface area contributed by atoms with E-state index in [-0.39, 0.29) is 24.6 Å². The van der Waals surface area contributed by atoms with Crippen molar-refractivity contribution in [1.82, 2.24) is 20.5 Å². The van der Waals surface area contributed by atoms with Crippen molar-refractivity contribution in [2.45, 2.75) is 39.0 Å². The average molecular weight is 426 g/mol. The molecule has 0 aliphatic heterocycles. The van der Waals surface area contributed by atoms with Gasteiger partial charge in [-0.2, -0.15) is 4.39 Å². The van der Waals surface area contributed by atoms with Crippen molar-refractivity contribution in [3.63, 3.8) is 0 Å². The van der Waals surface area contributed by atoms with E-state index in [9.17, 15) is 19.2 Å². The zero-order valence-electron chi connectivity index (χ0n) is 17.7. The van der Waals surface area contributed by atoms with Gasteiger partial charge in [0.25, 0.3) is 0 Å². The number of hydrazine groups is 1. The largest absolute Gasteiger partial charge is 0.383 e. The lowest BCUT2D eigenvalue weighted by molar-refractivity contribution is -0.154. The van der Waals surface area contributed by atoms with Gasteiger partial charge in [-0.1, -0.05) is 25.7 Å². The van der Waals surface area contributed by atoms with Crippen molar-refractivity contribution in [2.24, 2.45) is 11.8 Å². The predicted molar refractivity (Wildman–Crippen MR) is 108 cm³/mol. The van der Waals surface area contributed by atoms with Gasteiger partial charge in [-0.25, -0.2) is 15.0 Å². The Bertz CT molecular complexity index is 717. The fraction of sp³-hybridized carbons (Fsp3) is 0.684. The van der Waals surface area contributed by atoms with Crippen molar-refractivity contribution < 1.29 is 23.9 Å². The molecule has 1 aromatic heterocycles. The number of nitrogens with one attached hydrogen (secondary N) is 2. The van der Waals surface area contributed by atoms with E-state index in [1.54, 1.807) is 26.0 Å². The lowest BCUT2D eigenvalue weighted by Crippen LogP contribution is -2.41. The number of amides is 2. The van der Waals surface area contributed by atoms with Gasteiger partial charge in [-0.3, -0.25) is 25.6 Å². The second kappa shape index (κ2) is 11.6. The van der Waals surface area contributed by atoms with Crippen LogP contribution >= 0.6 is 0 Å². The molecule has 1 aliphatic rings. The lowest BCUT2D eigenvalue weighted by atomic mass is 9.92. The minimum Gasteiger partial charge on any atom is -0.383 e. The zero-order valence-corrected chi connectivity index (χ0v) is 17.7. The van der Waals surface area contributed by atoms with Crippen LogP contribution in [0.3, 0.4) is 0 Å². The Labute approximate surface area is 175 Å². The molecular formula is C19H31FN6O4. The minimum absolute atomic E-state index is 0.0845. The number of nitrogens with zero attached hydrogens (tertiary/aromatic N) is 4. The first-order valence-corrected chi connectivity index (χ1v) is 10.1. The molecule has 0 spiro atoms. The zero-order chi connectivity index (χ0) is 22.1. The van der Waals surface area contributed by atoms with E-state index >= 15 is 0 Å². The number of methoxy groups -OCH3 is 1. The molecular weight excluding hydrogens is 395 g/mol. The molecule has 0 unspecified atom stereocenters. The number of halogens is 1. The first kappa shape index (κ1) is 23.7. The molecule has 30 heavy (non-hydrogen) atoms. The molecule has 2 amide bonds. The third kappa shape index (κ3) is 6.77. The summed E-state index contributed by atoms with van der Waals surface area (Å²) in [6, 6.07) is 0. The normalized spacial score (nSPS) is 15.0. The van der Waals surface area contributed by atoms with Crippen LogP contribution in [0.2, 0.25) is 0 Å². The molecule has 0 saturated heterocycles. The predicted octanol–water partition coefficient (Wildman–Crippen LogP) is 1.49. The van der Waals surface area contributed by atoms with E-state index in [1.165, 1.54) is 0 Å². The number of likely N-dealkylation sites (N-methyl/N-ethyl adjacent to an activating group) is 1. The molecule has 1 saturated carbocycles. The average Bonchev–Trinajstić information content (AvgIpc) is 3.24. The molecule has 1 aromatic rings. The Kier molecular flexibility index (Phi) is 9.18. The molecule has 0 bridgehead atoms. The van der Waals surface area contributed by atoms with Crippen LogP contribution in [0.25, 0.3) is 0 Å². The van der Waals surface area contributed by atoms with Crippen molar-refractivity contribution in [1.29, 1.82) is 0 Å². The Morgan fingerprint density at radius 3 is 2.73 bits per heavy atom. The lowest BCUT2D eigenvalue weighted by Gasteiger charge is -2.23. The Hall–Kier alpha value is -2.53. The first-order valence-electron chi connectivity index (χ1n) is 10.1. The van der Waals surface area contributed by atoms with Gasteiger partial charge < -0.3 is 9.64 Å². The van der Waals surface area contributed by atoms with Gasteiger partial charge in [0.05, 0.1) is 19.1 Å². The molecule has 1 heterocycles. The van der Waals surface area contributed by atoms with Crippen LogP contribution in [0.4, 0.5) is 16.0 Å². The number of anilines is 2. The van der Waals surface area contributed by atoms with Crippen LogP contribution in [0.15, 0.2) is 0 Å². The molecule has 1 fully saturated rings. The number of ether oxygens (including phenoxy) is 1. The summed E-state index contributed by atoms with van der Waals surface area (Å²) in [6.07, 6.45) is 5.05. The van der Waals surface area contributed by atoms with E-state index in [0.717, 1.165) is 25.7 Å². The standard InChI is InChI=1S/C19H31FN6O4/c1-13-21-17(16(20)18(22-13)25(2)8-9-30-3)23-24-19(28)15(11-26(29)12-27)10-14-6-4-5-7-14/h12,14-15,29H,4-11H2,1-3H3,(H,24,28)(H,21,22,23)/t15-/m0/s1. The maximum absolute atomic E-state index is 14.9. The number of aromatic nitrogens is 2. The van der Waals surface area contributed by atoms with E-state index in [0.29, 0.717) is 36.4 Å². The topological polar surface area (TPSA) is 120 Å². The third-order valence-electron chi connectivity index (χ3n) is 5.23.